The Morgan fingerprint density at radius 1 is 1.30 bits per heavy atom. The van der Waals surface area contributed by atoms with Crippen molar-refractivity contribution in [3.8, 4) is 5.75 Å². The molecular weight excluding hydrogens is 288 g/mol. The molecular formula is C19H30N2O2. The molecule has 1 N–H and O–H groups in total. The molecule has 1 aromatic carbocycles. The van der Waals surface area contributed by atoms with Crippen molar-refractivity contribution >= 4 is 5.91 Å². The number of hydrogen-bond acceptors (Lipinski definition) is 3. The molecule has 1 fully saturated rings. The van der Waals surface area contributed by atoms with Gasteiger partial charge in [-0.1, -0.05) is 32.0 Å². The molecule has 23 heavy (non-hydrogen) atoms. The van der Waals surface area contributed by atoms with Crippen molar-refractivity contribution in [2.45, 2.75) is 45.6 Å². The average Bonchev–Trinajstić information content (AvgIpc) is 2.60. The van der Waals surface area contributed by atoms with Gasteiger partial charge in [0.1, 0.15) is 5.75 Å². The summed E-state index contributed by atoms with van der Waals surface area (Å²) in [5.41, 5.74) is 0. The van der Waals surface area contributed by atoms with Gasteiger partial charge in [0.15, 0.2) is 0 Å². The van der Waals surface area contributed by atoms with Gasteiger partial charge in [-0.2, -0.15) is 0 Å². The maximum atomic E-state index is 12.8. The first-order valence-electron chi connectivity index (χ1n) is 8.91. The molecule has 0 aromatic heterocycles. The molecule has 0 aliphatic carbocycles. The lowest BCUT2D eigenvalue weighted by molar-refractivity contribution is -0.138. The van der Waals surface area contributed by atoms with E-state index in [1.54, 1.807) is 0 Å². The standard InChI is InChI=1S/C19H30N2O2/c1-3-14-21(17-9-12-20-13-10-17)19(22)16(2)11-15-23-18-7-5-4-6-8-18/h4-8,16-17,20H,3,9-15H2,1-2H3. The normalized spacial score (nSPS) is 16.8. The number of ether oxygens (including phenoxy) is 1. The van der Waals surface area contributed by atoms with Gasteiger partial charge in [0.2, 0.25) is 5.91 Å². The van der Waals surface area contributed by atoms with Gasteiger partial charge in [0, 0.05) is 18.5 Å². The number of carbonyl (C=O) groups excluding carboxylic acids is 1. The Bertz CT molecular complexity index is 458. The quantitative estimate of drug-likeness (QED) is 0.801. The first-order chi connectivity index (χ1) is 11.2. The molecule has 1 heterocycles. The maximum absolute atomic E-state index is 12.8. The van der Waals surface area contributed by atoms with Gasteiger partial charge >= 0.3 is 0 Å². The summed E-state index contributed by atoms with van der Waals surface area (Å²) < 4.78 is 5.73. The Hall–Kier alpha value is -1.55. The van der Waals surface area contributed by atoms with Crippen LogP contribution in [0.25, 0.3) is 0 Å². The van der Waals surface area contributed by atoms with Crippen LogP contribution in [0.5, 0.6) is 5.75 Å². The molecule has 2 rings (SSSR count). The summed E-state index contributed by atoms with van der Waals surface area (Å²) in [6, 6.07) is 10.2. The fourth-order valence-corrected chi connectivity index (χ4v) is 3.11. The van der Waals surface area contributed by atoms with E-state index >= 15 is 0 Å². The molecule has 1 unspecified atom stereocenters. The Balaban J connectivity index is 1.82. The number of piperidine rings is 1. The van der Waals surface area contributed by atoms with Crippen LogP contribution in [-0.2, 0) is 4.79 Å². The Morgan fingerprint density at radius 3 is 2.65 bits per heavy atom. The number of para-hydroxylation sites is 1. The highest BCUT2D eigenvalue weighted by Crippen LogP contribution is 2.18. The van der Waals surface area contributed by atoms with Crippen molar-refractivity contribution < 1.29 is 9.53 Å². The van der Waals surface area contributed by atoms with E-state index in [9.17, 15) is 4.79 Å². The highest BCUT2D eigenvalue weighted by atomic mass is 16.5. The van der Waals surface area contributed by atoms with Gasteiger partial charge in [0.05, 0.1) is 6.61 Å². The van der Waals surface area contributed by atoms with Crippen LogP contribution in [0.4, 0.5) is 0 Å². The van der Waals surface area contributed by atoms with Crippen LogP contribution in [0.15, 0.2) is 30.3 Å². The van der Waals surface area contributed by atoms with Crippen LogP contribution >= 0.6 is 0 Å². The maximum Gasteiger partial charge on any atom is 0.225 e. The fourth-order valence-electron chi connectivity index (χ4n) is 3.11. The van der Waals surface area contributed by atoms with Crippen molar-refractivity contribution in [3.05, 3.63) is 30.3 Å². The summed E-state index contributed by atoms with van der Waals surface area (Å²) in [5, 5.41) is 3.37. The first-order valence-corrected chi connectivity index (χ1v) is 8.91. The van der Waals surface area contributed by atoms with Crippen molar-refractivity contribution in [1.29, 1.82) is 0 Å². The SMILES string of the molecule is CCCN(C(=O)C(C)CCOc1ccccc1)C1CCNCC1. The largest absolute Gasteiger partial charge is 0.494 e. The lowest BCUT2D eigenvalue weighted by atomic mass is 10.0. The molecule has 128 valence electrons. The number of rotatable bonds is 8. The molecule has 4 heteroatoms. The monoisotopic (exact) mass is 318 g/mol. The van der Waals surface area contributed by atoms with E-state index < -0.39 is 0 Å². The third-order valence-corrected chi connectivity index (χ3v) is 4.48. The third kappa shape index (κ3) is 5.54. The Kier molecular flexibility index (Phi) is 7.40. The molecule has 1 atom stereocenters. The van der Waals surface area contributed by atoms with E-state index in [0.717, 1.165) is 51.1 Å². The van der Waals surface area contributed by atoms with Crippen molar-refractivity contribution in [1.82, 2.24) is 10.2 Å². The minimum atomic E-state index is 0.0140. The third-order valence-electron chi connectivity index (χ3n) is 4.48. The van der Waals surface area contributed by atoms with Crippen molar-refractivity contribution in [3.63, 3.8) is 0 Å². The lowest BCUT2D eigenvalue weighted by Crippen LogP contribution is -2.48. The zero-order valence-corrected chi connectivity index (χ0v) is 14.5. The predicted molar refractivity (Wildman–Crippen MR) is 93.6 cm³/mol. The molecule has 0 spiro atoms. The van der Waals surface area contributed by atoms with E-state index in [0.29, 0.717) is 12.6 Å². The number of amides is 1. The zero-order valence-electron chi connectivity index (χ0n) is 14.5. The van der Waals surface area contributed by atoms with Gasteiger partial charge in [-0.3, -0.25) is 4.79 Å². The topological polar surface area (TPSA) is 41.6 Å². The molecule has 1 amide bonds. The predicted octanol–water partition coefficient (Wildman–Crippen LogP) is 3.08. The minimum absolute atomic E-state index is 0.0140. The second kappa shape index (κ2) is 9.56. The van der Waals surface area contributed by atoms with E-state index in [4.69, 9.17) is 4.74 Å². The molecule has 1 aromatic rings. The molecule has 1 aliphatic heterocycles. The summed E-state index contributed by atoms with van der Waals surface area (Å²) in [6.45, 7) is 7.66. The van der Waals surface area contributed by atoms with Crippen LogP contribution in [0.2, 0.25) is 0 Å². The van der Waals surface area contributed by atoms with Gasteiger partial charge in [-0.05, 0) is 50.9 Å². The lowest BCUT2D eigenvalue weighted by Gasteiger charge is -2.36. The first kappa shape index (κ1) is 17.8. The molecule has 4 nitrogen and oxygen atoms in total. The highest BCUT2D eigenvalue weighted by molar-refractivity contribution is 5.78. The van der Waals surface area contributed by atoms with Gasteiger partial charge < -0.3 is 15.0 Å². The number of nitrogens with zero attached hydrogens (tertiary/aromatic N) is 1. The smallest absolute Gasteiger partial charge is 0.225 e. The van der Waals surface area contributed by atoms with Gasteiger partial charge in [0.25, 0.3) is 0 Å². The average molecular weight is 318 g/mol. The van der Waals surface area contributed by atoms with E-state index in [1.165, 1.54) is 0 Å². The van der Waals surface area contributed by atoms with Crippen LogP contribution in [0.1, 0.15) is 39.5 Å². The second-order valence-electron chi connectivity index (χ2n) is 6.36. The van der Waals surface area contributed by atoms with Crippen molar-refractivity contribution in [2.24, 2.45) is 5.92 Å². The molecule has 0 saturated carbocycles. The molecule has 1 aliphatic rings. The van der Waals surface area contributed by atoms with Crippen LogP contribution in [-0.4, -0.2) is 43.1 Å². The minimum Gasteiger partial charge on any atom is -0.494 e. The summed E-state index contributed by atoms with van der Waals surface area (Å²) in [4.78, 5) is 14.9. The molecule has 1 saturated heterocycles. The Labute approximate surface area is 140 Å². The second-order valence-corrected chi connectivity index (χ2v) is 6.36. The summed E-state index contributed by atoms with van der Waals surface area (Å²) in [5.74, 6) is 1.17. The van der Waals surface area contributed by atoms with Crippen LogP contribution in [0, 0.1) is 5.92 Å². The van der Waals surface area contributed by atoms with Crippen LogP contribution in [0.3, 0.4) is 0 Å². The van der Waals surface area contributed by atoms with Crippen LogP contribution < -0.4 is 10.1 Å². The zero-order chi connectivity index (χ0) is 16.5. The summed E-state index contributed by atoms with van der Waals surface area (Å²) in [6.07, 6.45) is 3.92. The highest BCUT2D eigenvalue weighted by Gasteiger charge is 2.27. The van der Waals surface area contributed by atoms with E-state index in [-0.39, 0.29) is 11.8 Å². The van der Waals surface area contributed by atoms with E-state index in [2.05, 4.69) is 17.1 Å². The molecule has 0 radical (unpaired) electrons. The summed E-state index contributed by atoms with van der Waals surface area (Å²) in [7, 11) is 0. The fraction of sp³-hybridized carbons (Fsp3) is 0.632. The van der Waals surface area contributed by atoms with E-state index in [1.807, 2.05) is 37.3 Å². The Morgan fingerprint density at radius 2 is 2.00 bits per heavy atom. The summed E-state index contributed by atoms with van der Waals surface area (Å²) >= 11 is 0. The number of nitrogens with one attached hydrogen (secondary N) is 1. The number of carbonyl (C=O) groups is 1. The molecule has 0 bridgehead atoms. The van der Waals surface area contributed by atoms with Gasteiger partial charge in [-0.25, -0.2) is 0 Å². The number of hydrogen-bond donors (Lipinski definition) is 1. The van der Waals surface area contributed by atoms with Crippen molar-refractivity contribution in [2.75, 3.05) is 26.2 Å². The number of benzene rings is 1. The van der Waals surface area contributed by atoms with Gasteiger partial charge in [-0.15, -0.1) is 0 Å².